The molecule has 0 amide bonds. The molecule has 104 valence electrons. The average molecular weight is 293 g/mol. The number of hydrogen-bond donors (Lipinski definition) is 1. The van der Waals surface area contributed by atoms with Crippen LogP contribution in [0.15, 0.2) is 42.5 Å². The molecule has 0 saturated carbocycles. The first-order valence-electron chi connectivity index (χ1n) is 5.88. The van der Waals surface area contributed by atoms with Crippen LogP contribution in [-0.2, 0) is 6.61 Å². The van der Waals surface area contributed by atoms with Gasteiger partial charge in [0.15, 0.2) is 0 Å². The summed E-state index contributed by atoms with van der Waals surface area (Å²) in [5, 5.41) is 9.81. The fourth-order valence-corrected chi connectivity index (χ4v) is 1.80. The lowest BCUT2D eigenvalue weighted by atomic mass is 10.2. The van der Waals surface area contributed by atoms with Crippen LogP contribution in [0.25, 0.3) is 0 Å². The van der Waals surface area contributed by atoms with Crippen LogP contribution in [0.2, 0.25) is 5.02 Å². The van der Waals surface area contributed by atoms with E-state index in [1.807, 2.05) is 12.1 Å². The van der Waals surface area contributed by atoms with E-state index in [0.29, 0.717) is 16.5 Å². The fraction of sp³-hybridized carbons (Fsp3) is 0.133. The van der Waals surface area contributed by atoms with Crippen molar-refractivity contribution in [2.75, 3.05) is 7.11 Å². The number of benzene rings is 2. The molecule has 0 saturated heterocycles. The molecule has 0 aliphatic rings. The third kappa shape index (κ3) is 3.42. The highest BCUT2D eigenvalue weighted by Crippen LogP contribution is 2.25. The smallest absolute Gasteiger partial charge is 0.339 e. The Morgan fingerprint density at radius 1 is 1.20 bits per heavy atom. The third-order valence-corrected chi connectivity index (χ3v) is 2.98. The Kier molecular flexibility index (Phi) is 4.48. The van der Waals surface area contributed by atoms with Crippen molar-refractivity contribution in [3.8, 4) is 11.5 Å². The normalized spacial score (nSPS) is 10.1. The minimum absolute atomic E-state index is 0.0679. The summed E-state index contributed by atoms with van der Waals surface area (Å²) in [4.78, 5) is 11.2. The Bertz CT molecular complexity index is 608. The summed E-state index contributed by atoms with van der Waals surface area (Å²) in [6.07, 6.45) is 0. The van der Waals surface area contributed by atoms with Gasteiger partial charge in [0.25, 0.3) is 0 Å². The Morgan fingerprint density at radius 2 is 1.90 bits per heavy atom. The maximum atomic E-state index is 11.2. The topological polar surface area (TPSA) is 55.8 Å². The molecule has 0 bridgehead atoms. The van der Waals surface area contributed by atoms with E-state index in [-0.39, 0.29) is 12.2 Å². The molecule has 0 radical (unpaired) electrons. The van der Waals surface area contributed by atoms with E-state index in [9.17, 15) is 4.79 Å². The summed E-state index contributed by atoms with van der Waals surface area (Å²) in [7, 11) is 1.48. The van der Waals surface area contributed by atoms with Gasteiger partial charge in [-0.25, -0.2) is 4.79 Å². The Labute approximate surface area is 121 Å². The van der Waals surface area contributed by atoms with E-state index in [4.69, 9.17) is 26.2 Å². The molecule has 0 fully saturated rings. The van der Waals surface area contributed by atoms with Crippen molar-refractivity contribution in [1.29, 1.82) is 0 Å². The van der Waals surface area contributed by atoms with Crippen LogP contribution < -0.4 is 9.47 Å². The molecule has 0 aromatic heterocycles. The van der Waals surface area contributed by atoms with E-state index in [0.717, 1.165) is 5.56 Å². The molecular formula is C15H13ClO4. The maximum Gasteiger partial charge on any atom is 0.339 e. The predicted molar refractivity (Wildman–Crippen MR) is 75.7 cm³/mol. The number of carboxylic acids is 1. The van der Waals surface area contributed by atoms with Gasteiger partial charge in [-0.1, -0.05) is 23.7 Å². The molecule has 0 heterocycles. The number of carboxylic acid groups (broad SMARTS) is 1. The molecule has 2 aromatic carbocycles. The lowest BCUT2D eigenvalue weighted by Crippen LogP contribution is -2.04. The van der Waals surface area contributed by atoms with Gasteiger partial charge >= 0.3 is 5.97 Å². The van der Waals surface area contributed by atoms with Crippen LogP contribution in [0.5, 0.6) is 11.5 Å². The number of hydrogen-bond acceptors (Lipinski definition) is 3. The highest BCUT2D eigenvalue weighted by atomic mass is 35.5. The van der Waals surface area contributed by atoms with Crippen molar-refractivity contribution in [2.24, 2.45) is 0 Å². The minimum Gasteiger partial charge on any atom is -0.497 e. The molecule has 0 atom stereocenters. The van der Waals surface area contributed by atoms with Crippen LogP contribution in [0.1, 0.15) is 15.9 Å². The Balaban J connectivity index is 2.16. The number of ether oxygens (including phenoxy) is 2. The molecule has 0 spiro atoms. The number of methoxy groups -OCH3 is 1. The van der Waals surface area contributed by atoms with Crippen LogP contribution >= 0.6 is 11.6 Å². The van der Waals surface area contributed by atoms with Crippen LogP contribution in [0, 0.1) is 0 Å². The average Bonchev–Trinajstić information content (AvgIpc) is 2.46. The van der Waals surface area contributed by atoms with Gasteiger partial charge in [0.05, 0.1) is 7.11 Å². The standard InChI is InChI=1S/C15H13ClO4/c1-19-12-6-7-14(13(8-12)15(17)18)20-9-10-2-4-11(16)5-3-10/h2-8H,9H2,1H3,(H,17,18). The number of aromatic carboxylic acids is 1. The van der Waals surface area contributed by atoms with Gasteiger partial charge in [-0.05, 0) is 35.9 Å². The lowest BCUT2D eigenvalue weighted by molar-refractivity contribution is 0.0691. The Hall–Kier alpha value is -2.20. The van der Waals surface area contributed by atoms with Crippen molar-refractivity contribution < 1.29 is 19.4 Å². The molecule has 4 nitrogen and oxygen atoms in total. The minimum atomic E-state index is -1.06. The summed E-state index contributed by atoms with van der Waals surface area (Å²) in [6, 6.07) is 11.8. The van der Waals surface area contributed by atoms with E-state index in [2.05, 4.69) is 0 Å². The SMILES string of the molecule is COc1ccc(OCc2ccc(Cl)cc2)c(C(=O)O)c1. The highest BCUT2D eigenvalue weighted by Gasteiger charge is 2.12. The van der Waals surface area contributed by atoms with Crippen LogP contribution in [-0.4, -0.2) is 18.2 Å². The second kappa shape index (κ2) is 6.30. The van der Waals surface area contributed by atoms with Crippen molar-refractivity contribution in [3.63, 3.8) is 0 Å². The molecule has 0 unspecified atom stereocenters. The second-order valence-corrected chi connectivity index (χ2v) is 4.52. The zero-order chi connectivity index (χ0) is 14.5. The quantitative estimate of drug-likeness (QED) is 0.914. The molecule has 1 N–H and O–H groups in total. The first-order chi connectivity index (χ1) is 9.60. The molecule has 2 rings (SSSR count). The number of halogens is 1. The fourth-order valence-electron chi connectivity index (χ4n) is 1.67. The van der Waals surface area contributed by atoms with E-state index in [1.54, 1.807) is 24.3 Å². The van der Waals surface area contributed by atoms with Gasteiger partial charge in [-0.2, -0.15) is 0 Å². The maximum absolute atomic E-state index is 11.2. The zero-order valence-electron chi connectivity index (χ0n) is 10.8. The third-order valence-electron chi connectivity index (χ3n) is 2.72. The van der Waals surface area contributed by atoms with Crippen LogP contribution in [0.3, 0.4) is 0 Å². The summed E-state index contributed by atoms with van der Waals surface area (Å²) < 4.78 is 10.5. The van der Waals surface area contributed by atoms with Gasteiger partial charge in [0.2, 0.25) is 0 Å². The van der Waals surface area contributed by atoms with Gasteiger partial charge in [-0.15, -0.1) is 0 Å². The van der Waals surface area contributed by atoms with Crippen molar-refractivity contribution >= 4 is 17.6 Å². The molecule has 0 aliphatic heterocycles. The molecule has 2 aromatic rings. The number of carbonyl (C=O) groups is 1. The zero-order valence-corrected chi connectivity index (χ0v) is 11.6. The van der Waals surface area contributed by atoms with E-state index >= 15 is 0 Å². The first kappa shape index (κ1) is 14.2. The van der Waals surface area contributed by atoms with Gasteiger partial charge in [0, 0.05) is 5.02 Å². The second-order valence-electron chi connectivity index (χ2n) is 4.08. The summed E-state index contributed by atoms with van der Waals surface area (Å²) >= 11 is 5.80. The Morgan fingerprint density at radius 3 is 2.50 bits per heavy atom. The van der Waals surface area contributed by atoms with Crippen molar-refractivity contribution in [2.45, 2.75) is 6.61 Å². The van der Waals surface area contributed by atoms with Crippen molar-refractivity contribution in [3.05, 3.63) is 58.6 Å². The molecular weight excluding hydrogens is 280 g/mol. The number of rotatable bonds is 5. The van der Waals surface area contributed by atoms with E-state index < -0.39 is 5.97 Å². The van der Waals surface area contributed by atoms with Gasteiger partial charge in [0.1, 0.15) is 23.7 Å². The highest BCUT2D eigenvalue weighted by molar-refractivity contribution is 6.30. The predicted octanol–water partition coefficient (Wildman–Crippen LogP) is 3.63. The molecule has 20 heavy (non-hydrogen) atoms. The van der Waals surface area contributed by atoms with Crippen LogP contribution in [0.4, 0.5) is 0 Å². The molecule has 0 aliphatic carbocycles. The summed E-state index contributed by atoms with van der Waals surface area (Å²) in [6.45, 7) is 0.268. The van der Waals surface area contributed by atoms with Gasteiger partial charge in [-0.3, -0.25) is 0 Å². The first-order valence-corrected chi connectivity index (χ1v) is 6.26. The summed E-state index contributed by atoms with van der Waals surface area (Å²) in [5.74, 6) is -0.288. The van der Waals surface area contributed by atoms with Crippen molar-refractivity contribution in [1.82, 2.24) is 0 Å². The lowest BCUT2D eigenvalue weighted by Gasteiger charge is -2.10. The largest absolute Gasteiger partial charge is 0.497 e. The monoisotopic (exact) mass is 292 g/mol. The van der Waals surface area contributed by atoms with Gasteiger partial charge < -0.3 is 14.6 Å². The van der Waals surface area contributed by atoms with E-state index in [1.165, 1.54) is 13.2 Å². The molecule has 5 heteroatoms. The summed E-state index contributed by atoms with van der Waals surface area (Å²) in [5.41, 5.74) is 0.972.